The molecule has 0 radical (unpaired) electrons. The number of hydrogen-bond acceptors (Lipinski definition) is 25. The third-order valence-electron chi connectivity index (χ3n) is 13.6. The predicted molar refractivity (Wildman–Crippen MR) is 306 cm³/mol. The highest BCUT2D eigenvalue weighted by Gasteiger charge is 2.38. The Hall–Kier alpha value is -8.94. The van der Waals surface area contributed by atoms with E-state index >= 15 is 0 Å². The van der Waals surface area contributed by atoms with E-state index in [1.165, 1.54) is 6.07 Å². The fourth-order valence-corrected chi connectivity index (χ4v) is 11.4. The van der Waals surface area contributed by atoms with E-state index in [-0.39, 0.29) is 99.0 Å². The first-order chi connectivity index (χ1) is 42.0. The minimum atomic E-state index is -0.646. The Labute approximate surface area is 509 Å². The second kappa shape index (κ2) is 34.9. The largest absolute Gasteiger partial charge is 0.490 e. The summed E-state index contributed by atoms with van der Waals surface area (Å²) in [5, 5.41) is 19.6. The molecule has 0 aromatic heterocycles. The lowest BCUT2D eigenvalue weighted by atomic mass is 9.82. The van der Waals surface area contributed by atoms with Crippen LogP contribution >= 0.6 is 23.5 Å². The molecule has 460 valence electrons. The molecule has 25 heteroatoms. The lowest BCUT2D eigenvalue weighted by Gasteiger charge is -2.27. The predicted octanol–water partition coefficient (Wildman–Crippen LogP) is 8.45. The van der Waals surface area contributed by atoms with Crippen molar-refractivity contribution in [1.29, 1.82) is 10.5 Å². The van der Waals surface area contributed by atoms with Gasteiger partial charge in [-0.25, -0.2) is 9.59 Å². The molecular formula is C62H64N2O21S2. The Balaban J connectivity index is 0.944. The quantitative estimate of drug-likeness (QED) is 0.0151. The number of thioether (sulfide) groups is 2. The summed E-state index contributed by atoms with van der Waals surface area (Å²) in [6, 6.07) is 18.6. The van der Waals surface area contributed by atoms with E-state index in [1.54, 1.807) is 55.5 Å². The first-order valence-corrected chi connectivity index (χ1v) is 29.6. The number of nitriles is 2. The number of nitrogens with zero attached hydrogens (tertiary/aromatic N) is 2. The second-order valence-electron chi connectivity index (χ2n) is 19.6. The molecule has 2 aliphatic carbocycles. The first-order valence-electron chi connectivity index (χ1n) is 28.0. The van der Waals surface area contributed by atoms with Gasteiger partial charge in [0.05, 0.1) is 83.2 Å². The van der Waals surface area contributed by atoms with Gasteiger partial charge in [-0.05, 0) is 93.7 Å². The van der Waals surface area contributed by atoms with E-state index in [0.29, 0.717) is 85.5 Å². The molecule has 0 unspecified atom stereocenters. The molecule has 1 heterocycles. The molecule has 2 fully saturated rings. The van der Waals surface area contributed by atoms with Crippen molar-refractivity contribution in [2.45, 2.75) is 107 Å². The van der Waals surface area contributed by atoms with Gasteiger partial charge in [0.2, 0.25) is 0 Å². The van der Waals surface area contributed by atoms with Gasteiger partial charge in [0.25, 0.3) is 0 Å². The standard InChI is InChI=1S/C62H64N2O21S2/c1-4-49(65)78-31-33-80-53(69)25-23-51(67)76-29-27-38-7-19-45(20-8-38)82-58(71)40-11-15-42(16-12-40)60(73)84-48-35-47(75-6-3)55(57-56(48)86-62(87-57)44(36-63)37-64)85-61(74)43-17-13-41(14-18-43)59(72)83-46-21-9-39(10-22-46)28-30-77-52(68)24-26-54(70)81-34-32-79-50(66)5-2/h4-5,7-10,19-22,35,40-43H,1-2,6,11-18,23-34H2,3H3. The molecule has 0 N–H and O–H groups in total. The molecule has 3 aromatic carbocycles. The van der Waals surface area contributed by atoms with Crippen molar-refractivity contribution in [1.82, 2.24) is 0 Å². The number of esters is 10. The fraction of sp³-hybridized carbons (Fsp3) is 0.419. The molecule has 0 spiro atoms. The molecule has 87 heavy (non-hydrogen) atoms. The fourth-order valence-electron chi connectivity index (χ4n) is 8.95. The number of carbonyl (C=O) groups is 10. The molecule has 0 bridgehead atoms. The van der Waals surface area contributed by atoms with Gasteiger partial charge in [0.1, 0.15) is 61.4 Å². The van der Waals surface area contributed by atoms with Crippen molar-refractivity contribution >= 4 is 83.2 Å². The molecule has 3 aliphatic rings. The smallest absolute Gasteiger partial charge is 0.330 e. The number of rotatable bonds is 30. The van der Waals surface area contributed by atoms with Crippen LogP contribution in [0.4, 0.5) is 0 Å². The third kappa shape index (κ3) is 21.5. The lowest BCUT2D eigenvalue weighted by Crippen LogP contribution is -2.31. The molecule has 0 saturated heterocycles. The maximum absolute atomic E-state index is 13.9. The zero-order valence-electron chi connectivity index (χ0n) is 47.7. The monoisotopic (exact) mass is 1240 g/mol. The summed E-state index contributed by atoms with van der Waals surface area (Å²) in [7, 11) is 0. The van der Waals surface area contributed by atoms with E-state index in [9.17, 15) is 58.5 Å². The van der Waals surface area contributed by atoms with Gasteiger partial charge in [-0.1, -0.05) is 60.9 Å². The van der Waals surface area contributed by atoms with Crippen molar-refractivity contribution in [3.8, 4) is 40.9 Å². The summed E-state index contributed by atoms with van der Waals surface area (Å²) < 4.78 is 59.4. The average Bonchev–Trinajstić information content (AvgIpc) is 1.90. The van der Waals surface area contributed by atoms with Crippen molar-refractivity contribution in [2.75, 3.05) is 46.2 Å². The van der Waals surface area contributed by atoms with Crippen LogP contribution in [-0.2, 0) is 89.2 Å². The maximum Gasteiger partial charge on any atom is 0.330 e. The normalized spacial score (nSPS) is 16.5. The van der Waals surface area contributed by atoms with Crippen LogP contribution in [0.25, 0.3) is 0 Å². The molecule has 3 aromatic rings. The van der Waals surface area contributed by atoms with Crippen LogP contribution in [0.3, 0.4) is 0 Å². The van der Waals surface area contributed by atoms with Gasteiger partial charge in [-0.2, -0.15) is 10.5 Å². The van der Waals surface area contributed by atoms with E-state index < -0.39 is 83.4 Å². The molecular weight excluding hydrogens is 1170 g/mol. The van der Waals surface area contributed by atoms with Gasteiger partial charge >= 0.3 is 59.7 Å². The Morgan fingerprint density at radius 3 is 1.22 bits per heavy atom. The van der Waals surface area contributed by atoms with Gasteiger partial charge in [-0.3, -0.25) is 38.4 Å². The van der Waals surface area contributed by atoms with Crippen molar-refractivity contribution in [2.24, 2.45) is 23.7 Å². The molecule has 2 saturated carbocycles. The average molecular weight is 1240 g/mol. The van der Waals surface area contributed by atoms with Gasteiger partial charge in [-0.15, -0.1) is 0 Å². The SMILES string of the molecule is C=CC(=O)OCCOC(=O)CCC(=O)OCCc1ccc(OC(=O)C2CCC(C(=O)Oc3cc(OCC)c(OC(=O)C4CCC(C(=O)Oc5ccc(CCOC(=O)CCC(=O)OCCOC(=O)C=C)cc5)CC4)c4c3SC(=C(C#N)C#N)S4)CC2)cc1. The second-order valence-corrected chi connectivity index (χ2v) is 21.9. The van der Waals surface area contributed by atoms with Crippen LogP contribution in [0, 0.1) is 46.3 Å². The van der Waals surface area contributed by atoms with Crippen molar-refractivity contribution < 1.29 is 100 Å². The zero-order valence-corrected chi connectivity index (χ0v) is 49.3. The molecule has 23 nitrogen and oxygen atoms in total. The summed E-state index contributed by atoms with van der Waals surface area (Å²) in [6.45, 7) is 7.87. The Kier molecular flexibility index (Phi) is 26.9. The van der Waals surface area contributed by atoms with Gasteiger partial charge in [0, 0.05) is 31.1 Å². The first kappa shape index (κ1) is 67.2. The summed E-state index contributed by atoms with van der Waals surface area (Å²) >= 11 is 2.02. The number of carbonyl (C=O) groups excluding carboxylic acids is 10. The van der Waals surface area contributed by atoms with Crippen LogP contribution < -0.4 is 23.7 Å². The van der Waals surface area contributed by atoms with Gasteiger partial charge < -0.3 is 52.1 Å². The van der Waals surface area contributed by atoms with E-state index in [0.717, 1.165) is 46.8 Å². The number of hydrogen-bond donors (Lipinski definition) is 0. The minimum absolute atomic E-state index is 0.0239. The number of benzene rings is 3. The molecule has 6 rings (SSSR count). The van der Waals surface area contributed by atoms with Gasteiger partial charge in [0.15, 0.2) is 11.5 Å². The lowest BCUT2D eigenvalue weighted by molar-refractivity contribution is -0.152. The molecule has 0 amide bonds. The van der Waals surface area contributed by atoms with Crippen molar-refractivity contribution in [3.05, 3.63) is 101 Å². The van der Waals surface area contributed by atoms with Crippen LogP contribution in [0.15, 0.2) is 99.5 Å². The van der Waals surface area contributed by atoms with E-state index in [1.807, 2.05) is 12.1 Å². The van der Waals surface area contributed by atoms with Crippen LogP contribution in [0.5, 0.6) is 28.7 Å². The Morgan fingerprint density at radius 2 is 0.839 bits per heavy atom. The molecule has 1 aliphatic heterocycles. The van der Waals surface area contributed by atoms with Crippen molar-refractivity contribution in [3.63, 3.8) is 0 Å². The summed E-state index contributed by atoms with van der Waals surface area (Å²) in [6.07, 6.45) is 4.44. The Morgan fingerprint density at radius 1 is 0.483 bits per heavy atom. The third-order valence-corrected chi connectivity index (χ3v) is 16.2. The van der Waals surface area contributed by atoms with E-state index in [2.05, 4.69) is 13.2 Å². The zero-order chi connectivity index (χ0) is 62.7. The maximum atomic E-state index is 13.9. The number of allylic oxidation sites excluding steroid dienone is 1. The van der Waals surface area contributed by atoms with Crippen LogP contribution in [0.1, 0.15) is 95.1 Å². The van der Waals surface area contributed by atoms with Crippen LogP contribution in [-0.4, -0.2) is 106 Å². The highest BCUT2D eigenvalue weighted by molar-refractivity contribution is 8.24. The number of ether oxygens (including phenoxy) is 11. The van der Waals surface area contributed by atoms with Crippen LogP contribution in [0.2, 0.25) is 0 Å². The highest BCUT2D eigenvalue weighted by atomic mass is 32.2. The minimum Gasteiger partial charge on any atom is -0.490 e. The summed E-state index contributed by atoms with van der Waals surface area (Å²) in [4.78, 5) is 125. The number of fused-ring (bicyclic) bond motifs is 1. The Bertz CT molecular complexity index is 3130. The topological polar surface area (TPSA) is 320 Å². The van der Waals surface area contributed by atoms with E-state index in [4.69, 9.17) is 52.1 Å². The highest BCUT2D eigenvalue weighted by Crippen LogP contribution is 2.61. The molecule has 0 atom stereocenters. The summed E-state index contributed by atoms with van der Waals surface area (Å²) in [5.74, 6) is -7.27. The summed E-state index contributed by atoms with van der Waals surface area (Å²) in [5.41, 5.74) is 1.39.